The van der Waals surface area contributed by atoms with Crippen molar-refractivity contribution >= 4 is 22.0 Å². The molecule has 0 bridgehead atoms. The summed E-state index contributed by atoms with van der Waals surface area (Å²) in [6.45, 7) is 2.66. The number of hydrogen-bond donors (Lipinski definition) is 1. The fourth-order valence-corrected chi connectivity index (χ4v) is 1.22. The number of benzene rings is 1. The third-order valence-corrected chi connectivity index (χ3v) is 2.15. The molecular weight excluding hydrogens is 246 g/mol. The number of halogens is 1. The SMILES string of the molecule is CCOC(=O)NCc1ccc(Br)cc1. The second kappa shape index (κ2) is 5.65. The van der Waals surface area contributed by atoms with E-state index in [-0.39, 0.29) is 6.09 Å². The molecule has 1 aromatic carbocycles. The van der Waals surface area contributed by atoms with Crippen LogP contribution in [0.1, 0.15) is 12.5 Å². The zero-order chi connectivity index (χ0) is 10.4. The summed E-state index contributed by atoms with van der Waals surface area (Å²) in [5, 5.41) is 2.64. The van der Waals surface area contributed by atoms with Gasteiger partial charge in [-0.3, -0.25) is 0 Å². The van der Waals surface area contributed by atoms with Crippen LogP contribution in [0.5, 0.6) is 0 Å². The van der Waals surface area contributed by atoms with Crippen LogP contribution in [0.2, 0.25) is 0 Å². The van der Waals surface area contributed by atoms with Crippen LogP contribution in [0.3, 0.4) is 0 Å². The molecule has 0 spiro atoms. The minimum absolute atomic E-state index is 0.379. The van der Waals surface area contributed by atoms with Gasteiger partial charge in [-0.2, -0.15) is 0 Å². The van der Waals surface area contributed by atoms with Gasteiger partial charge >= 0.3 is 6.09 Å². The Hall–Kier alpha value is -1.03. The highest BCUT2D eigenvalue weighted by molar-refractivity contribution is 9.10. The van der Waals surface area contributed by atoms with Crippen LogP contribution in [0, 0.1) is 0 Å². The van der Waals surface area contributed by atoms with Crippen molar-refractivity contribution in [1.82, 2.24) is 5.32 Å². The molecule has 0 saturated heterocycles. The van der Waals surface area contributed by atoms with E-state index in [0.29, 0.717) is 13.2 Å². The van der Waals surface area contributed by atoms with E-state index in [0.717, 1.165) is 10.0 Å². The smallest absolute Gasteiger partial charge is 0.407 e. The molecular formula is C10H12BrNO2. The van der Waals surface area contributed by atoms with Crippen LogP contribution >= 0.6 is 15.9 Å². The Bertz CT molecular complexity index is 297. The number of carbonyl (C=O) groups excluding carboxylic acids is 1. The fraction of sp³-hybridized carbons (Fsp3) is 0.300. The van der Waals surface area contributed by atoms with Crippen LogP contribution < -0.4 is 5.32 Å². The lowest BCUT2D eigenvalue weighted by Gasteiger charge is -2.04. The van der Waals surface area contributed by atoms with Gasteiger partial charge in [-0.25, -0.2) is 4.79 Å². The highest BCUT2D eigenvalue weighted by Gasteiger charge is 1.99. The van der Waals surface area contributed by atoms with Crippen LogP contribution in [-0.4, -0.2) is 12.7 Å². The molecule has 76 valence electrons. The van der Waals surface area contributed by atoms with Gasteiger partial charge < -0.3 is 10.1 Å². The molecule has 14 heavy (non-hydrogen) atoms. The lowest BCUT2D eigenvalue weighted by Crippen LogP contribution is -2.23. The van der Waals surface area contributed by atoms with Gasteiger partial charge in [0.05, 0.1) is 6.61 Å². The normalized spacial score (nSPS) is 9.57. The average molecular weight is 258 g/mol. The Kier molecular flexibility index (Phi) is 4.46. The van der Waals surface area contributed by atoms with Crippen LogP contribution in [0.15, 0.2) is 28.7 Å². The molecule has 1 N–H and O–H groups in total. The number of nitrogens with one attached hydrogen (secondary N) is 1. The van der Waals surface area contributed by atoms with Crippen molar-refractivity contribution in [1.29, 1.82) is 0 Å². The monoisotopic (exact) mass is 257 g/mol. The van der Waals surface area contributed by atoms with E-state index in [2.05, 4.69) is 21.2 Å². The van der Waals surface area contributed by atoms with Gasteiger partial charge in [0, 0.05) is 11.0 Å². The van der Waals surface area contributed by atoms with E-state index < -0.39 is 0 Å². The maximum absolute atomic E-state index is 10.9. The number of carbonyl (C=O) groups is 1. The highest BCUT2D eigenvalue weighted by Crippen LogP contribution is 2.10. The minimum Gasteiger partial charge on any atom is -0.450 e. The van der Waals surface area contributed by atoms with E-state index in [1.807, 2.05) is 24.3 Å². The van der Waals surface area contributed by atoms with Crippen molar-refractivity contribution in [3.8, 4) is 0 Å². The van der Waals surface area contributed by atoms with Crippen molar-refractivity contribution in [2.75, 3.05) is 6.61 Å². The molecule has 0 aliphatic rings. The average Bonchev–Trinajstić information content (AvgIpc) is 2.17. The van der Waals surface area contributed by atoms with Crippen molar-refractivity contribution in [3.63, 3.8) is 0 Å². The first-order chi connectivity index (χ1) is 6.72. The maximum Gasteiger partial charge on any atom is 0.407 e. The summed E-state index contributed by atoms with van der Waals surface area (Å²) in [7, 11) is 0. The molecule has 0 atom stereocenters. The van der Waals surface area contributed by atoms with Gasteiger partial charge in [-0.1, -0.05) is 28.1 Å². The van der Waals surface area contributed by atoms with E-state index in [1.165, 1.54) is 0 Å². The maximum atomic E-state index is 10.9. The molecule has 0 aliphatic heterocycles. The molecule has 0 heterocycles. The predicted octanol–water partition coefficient (Wildman–Crippen LogP) is 2.70. The molecule has 0 fully saturated rings. The second-order valence-electron chi connectivity index (χ2n) is 2.70. The van der Waals surface area contributed by atoms with Gasteiger partial charge in [0.1, 0.15) is 0 Å². The topological polar surface area (TPSA) is 38.3 Å². The van der Waals surface area contributed by atoms with Crippen LogP contribution in [0.4, 0.5) is 4.79 Å². The predicted molar refractivity (Wildman–Crippen MR) is 58.0 cm³/mol. The van der Waals surface area contributed by atoms with Crippen LogP contribution in [-0.2, 0) is 11.3 Å². The Balaban J connectivity index is 2.38. The molecule has 1 rings (SSSR count). The molecule has 1 amide bonds. The summed E-state index contributed by atoms with van der Waals surface area (Å²) in [6, 6.07) is 7.75. The number of hydrogen-bond acceptors (Lipinski definition) is 2. The molecule has 0 aliphatic carbocycles. The van der Waals surface area contributed by atoms with Crippen molar-refractivity contribution < 1.29 is 9.53 Å². The molecule has 0 unspecified atom stereocenters. The quantitative estimate of drug-likeness (QED) is 0.905. The molecule has 3 nitrogen and oxygen atoms in total. The highest BCUT2D eigenvalue weighted by atomic mass is 79.9. The Morgan fingerprint density at radius 3 is 2.64 bits per heavy atom. The Morgan fingerprint density at radius 1 is 1.43 bits per heavy atom. The molecule has 0 radical (unpaired) electrons. The zero-order valence-electron chi connectivity index (χ0n) is 7.92. The molecule has 4 heteroatoms. The van der Waals surface area contributed by atoms with Crippen LogP contribution in [0.25, 0.3) is 0 Å². The summed E-state index contributed by atoms with van der Waals surface area (Å²) < 4.78 is 5.75. The molecule has 1 aromatic rings. The first-order valence-corrected chi connectivity index (χ1v) is 5.16. The van der Waals surface area contributed by atoms with Gasteiger partial charge in [0.15, 0.2) is 0 Å². The first kappa shape index (κ1) is 11.0. The van der Waals surface area contributed by atoms with Gasteiger partial charge in [0.2, 0.25) is 0 Å². The second-order valence-corrected chi connectivity index (χ2v) is 3.62. The van der Waals surface area contributed by atoms with Crippen molar-refractivity contribution in [3.05, 3.63) is 34.3 Å². The first-order valence-electron chi connectivity index (χ1n) is 4.37. The lowest BCUT2D eigenvalue weighted by molar-refractivity contribution is 0.151. The van der Waals surface area contributed by atoms with Gasteiger partial charge in [-0.05, 0) is 24.6 Å². The summed E-state index contributed by atoms with van der Waals surface area (Å²) in [5.41, 5.74) is 1.04. The van der Waals surface area contributed by atoms with E-state index >= 15 is 0 Å². The zero-order valence-corrected chi connectivity index (χ0v) is 9.50. The molecule has 0 aromatic heterocycles. The summed E-state index contributed by atoms with van der Waals surface area (Å²) in [5.74, 6) is 0. The number of ether oxygens (including phenoxy) is 1. The Morgan fingerprint density at radius 2 is 2.07 bits per heavy atom. The number of amides is 1. The summed E-state index contributed by atoms with van der Waals surface area (Å²) in [4.78, 5) is 10.9. The van der Waals surface area contributed by atoms with Crippen molar-refractivity contribution in [2.24, 2.45) is 0 Å². The van der Waals surface area contributed by atoms with E-state index in [9.17, 15) is 4.79 Å². The van der Waals surface area contributed by atoms with Gasteiger partial charge in [0.25, 0.3) is 0 Å². The standard InChI is InChI=1S/C10H12BrNO2/c1-2-14-10(13)12-7-8-3-5-9(11)6-4-8/h3-6H,2,7H2,1H3,(H,12,13). The molecule has 0 saturated carbocycles. The number of rotatable bonds is 3. The third-order valence-electron chi connectivity index (χ3n) is 1.63. The lowest BCUT2D eigenvalue weighted by atomic mass is 10.2. The van der Waals surface area contributed by atoms with E-state index in [4.69, 9.17) is 4.74 Å². The summed E-state index contributed by atoms with van der Waals surface area (Å²) >= 11 is 3.34. The fourth-order valence-electron chi connectivity index (χ4n) is 0.959. The van der Waals surface area contributed by atoms with Crippen molar-refractivity contribution in [2.45, 2.75) is 13.5 Å². The number of alkyl carbamates (subject to hydrolysis) is 1. The largest absolute Gasteiger partial charge is 0.450 e. The summed E-state index contributed by atoms with van der Waals surface area (Å²) in [6.07, 6.45) is -0.379. The van der Waals surface area contributed by atoms with Gasteiger partial charge in [-0.15, -0.1) is 0 Å². The van der Waals surface area contributed by atoms with E-state index in [1.54, 1.807) is 6.92 Å². The third kappa shape index (κ3) is 3.79. The Labute approximate surface area is 91.6 Å². The minimum atomic E-state index is -0.379.